The van der Waals surface area contributed by atoms with Crippen LogP contribution in [0.5, 0.6) is 0 Å². The van der Waals surface area contributed by atoms with Gasteiger partial charge in [-0.1, -0.05) is 0 Å². The van der Waals surface area contributed by atoms with Gasteiger partial charge in [0.05, 0.1) is 5.69 Å². The van der Waals surface area contributed by atoms with E-state index in [-0.39, 0.29) is 12.8 Å². The van der Waals surface area contributed by atoms with Gasteiger partial charge in [0.25, 0.3) is 11.8 Å². The van der Waals surface area contributed by atoms with Crippen molar-refractivity contribution in [1.29, 1.82) is 0 Å². The molecule has 1 aromatic rings. The van der Waals surface area contributed by atoms with Gasteiger partial charge in [0.2, 0.25) is 0 Å². The summed E-state index contributed by atoms with van der Waals surface area (Å²) in [6.45, 7) is 1.19. The fourth-order valence-corrected chi connectivity index (χ4v) is 2.09. The molecule has 0 bridgehead atoms. The third-order valence-electron chi connectivity index (χ3n) is 3.47. The number of amides is 4. The van der Waals surface area contributed by atoms with Crippen molar-refractivity contribution in [2.45, 2.75) is 31.9 Å². The first-order valence-electron chi connectivity index (χ1n) is 7.44. The van der Waals surface area contributed by atoms with E-state index in [1.54, 1.807) is 0 Å². The second kappa shape index (κ2) is 7.85. The molecule has 0 radical (unpaired) electrons. The lowest BCUT2D eigenvalue weighted by Gasteiger charge is -2.14. The number of nitrogens with one attached hydrogen (secondary N) is 3. The fourth-order valence-electron chi connectivity index (χ4n) is 2.09. The molecule has 1 heterocycles. The Morgan fingerprint density at radius 1 is 1.23 bits per heavy atom. The highest BCUT2D eigenvalue weighted by molar-refractivity contribution is 6.04. The number of ether oxygens (including phenoxy) is 1. The van der Waals surface area contributed by atoms with Gasteiger partial charge in [-0.25, -0.2) is 18.0 Å². The molecule has 0 unspecified atom stereocenters. The summed E-state index contributed by atoms with van der Waals surface area (Å²) in [6, 6.07) is -0.0992. The van der Waals surface area contributed by atoms with Crippen LogP contribution in [0.1, 0.15) is 19.8 Å². The number of benzene rings is 1. The SMILES string of the molecule is C[C@H](OC(=O)CC[C@H]1NC(=O)NC1=O)C(=O)Nc1ccc(F)c(F)c1F. The number of rotatable bonds is 6. The quantitative estimate of drug-likeness (QED) is 0.391. The predicted octanol–water partition coefficient (Wildman–Crippen LogP) is 0.962. The number of imide groups is 1. The number of carbonyl (C=O) groups is 4. The van der Waals surface area contributed by atoms with Gasteiger partial charge < -0.3 is 15.4 Å². The van der Waals surface area contributed by atoms with Crippen molar-refractivity contribution in [3.63, 3.8) is 0 Å². The number of hydrogen-bond donors (Lipinski definition) is 3. The van der Waals surface area contributed by atoms with Crippen LogP contribution in [0.25, 0.3) is 0 Å². The third kappa shape index (κ3) is 4.49. The summed E-state index contributed by atoms with van der Waals surface area (Å²) in [5.41, 5.74) is -0.609. The molecule has 1 aliphatic heterocycles. The monoisotopic (exact) mass is 373 g/mol. The van der Waals surface area contributed by atoms with E-state index in [0.717, 1.165) is 6.07 Å². The van der Waals surface area contributed by atoms with Gasteiger partial charge in [-0.2, -0.15) is 0 Å². The topological polar surface area (TPSA) is 114 Å². The minimum absolute atomic E-state index is 0.0391. The first-order valence-corrected chi connectivity index (χ1v) is 7.44. The molecule has 0 spiro atoms. The van der Waals surface area contributed by atoms with Crippen molar-refractivity contribution in [2.75, 3.05) is 5.32 Å². The zero-order valence-corrected chi connectivity index (χ0v) is 13.4. The largest absolute Gasteiger partial charge is 0.453 e. The van der Waals surface area contributed by atoms with Crippen LogP contribution in [0.15, 0.2) is 12.1 Å². The van der Waals surface area contributed by atoms with Crippen LogP contribution in [-0.4, -0.2) is 36.0 Å². The third-order valence-corrected chi connectivity index (χ3v) is 3.47. The molecular weight excluding hydrogens is 359 g/mol. The molecule has 140 valence electrons. The molecule has 26 heavy (non-hydrogen) atoms. The smallest absolute Gasteiger partial charge is 0.322 e. The summed E-state index contributed by atoms with van der Waals surface area (Å²) < 4.78 is 44.3. The molecule has 2 atom stereocenters. The van der Waals surface area contributed by atoms with Crippen LogP contribution in [0, 0.1) is 17.5 Å². The number of urea groups is 1. The van der Waals surface area contributed by atoms with Crippen LogP contribution in [0.2, 0.25) is 0 Å². The van der Waals surface area contributed by atoms with Gasteiger partial charge in [0, 0.05) is 6.42 Å². The summed E-state index contributed by atoms with van der Waals surface area (Å²) in [5, 5.41) is 6.26. The van der Waals surface area contributed by atoms with Crippen LogP contribution >= 0.6 is 0 Å². The maximum Gasteiger partial charge on any atom is 0.322 e. The summed E-state index contributed by atoms with van der Waals surface area (Å²) in [7, 11) is 0. The van der Waals surface area contributed by atoms with Crippen molar-refractivity contribution >= 4 is 29.5 Å². The van der Waals surface area contributed by atoms with Crippen LogP contribution in [0.4, 0.5) is 23.7 Å². The molecule has 1 aromatic carbocycles. The Bertz CT molecular complexity index is 771. The van der Waals surface area contributed by atoms with Crippen molar-refractivity contribution in [2.24, 2.45) is 0 Å². The lowest BCUT2D eigenvalue weighted by Crippen LogP contribution is -2.32. The Labute approximate surface area is 145 Å². The molecule has 3 N–H and O–H groups in total. The average Bonchev–Trinajstić information content (AvgIpc) is 2.90. The fraction of sp³-hybridized carbons (Fsp3) is 0.333. The number of anilines is 1. The van der Waals surface area contributed by atoms with Crippen LogP contribution in [-0.2, 0) is 19.1 Å². The number of esters is 1. The van der Waals surface area contributed by atoms with E-state index in [9.17, 15) is 32.3 Å². The van der Waals surface area contributed by atoms with Crippen molar-refractivity contribution < 1.29 is 37.1 Å². The van der Waals surface area contributed by atoms with Gasteiger partial charge in [0.1, 0.15) is 6.04 Å². The summed E-state index contributed by atoms with van der Waals surface area (Å²) >= 11 is 0. The average molecular weight is 373 g/mol. The van der Waals surface area contributed by atoms with E-state index < -0.39 is 59.1 Å². The number of hydrogen-bond acceptors (Lipinski definition) is 5. The highest BCUT2D eigenvalue weighted by Gasteiger charge is 2.30. The highest BCUT2D eigenvalue weighted by atomic mass is 19.2. The maximum atomic E-state index is 13.5. The predicted molar refractivity (Wildman–Crippen MR) is 80.2 cm³/mol. The molecular formula is C15H14F3N3O5. The van der Waals surface area contributed by atoms with E-state index >= 15 is 0 Å². The van der Waals surface area contributed by atoms with E-state index in [2.05, 4.69) is 5.32 Å². The molecule has 8 nitrogen and oxygen atoms in total. The van der Waals surface area contributed by atoms with E-state index in [0.29, 0.717) is 6.07 Å². The zero-order valence-electron chi connectivity index (χ0n) is 13.4. The molecule has 2 rings (SSSR count). The first-order chi connectivity index (χ1) is 12.2. The second-order valence-electron chi connectivity index (χ2n) is 5.40. The first kappa shape index (κ1) is 19.2. The standard InChI is InChI=1S/C15H14F3N3O5/c1-6(13(23)19-8-3-2-7(16)11(17)12(8)18)26-10(22)5-4-9-14(24)21-15(25)20-9/h2-3,6,9H,4-5H2,1H3,(H,19,23)(H2,20,21,24,25)/t6-,9+/m0/s1. The second-order valence-corrected chi connectivity index (χ2v) is 5.40. The molecule has 4 amide bonds. The van der Waals surface area contributed by atoms with Gasteiger partial charge in [-0.15, -0.1) is 0 Å². The summed E-state index contributed by atoms with van der Waals surface area (Å²) in [5.74, 6) is -7.13. The molecule has 11 heteroatoms. The minimum Gasteiger partial charge on any atom is -0.453 e. The minimum atomic E-state index is -1.75. The lowest BCUT2D eigenvalue weighted by molar-refractivity contribution is -0.153. The molecule has 1 fully saturated rings. The summed E-state index contributed by atoms with van der Waals surface area (Å²) in [6.07, 6.45) is -1.67. The zero-order chi connectivity index (χ0) is 19.4. The van der Waals surface area contributed by atoms with Crippen LogP contribution < -0.4 is 16.0 Å². The Morgan fingerprint density at radius 3 is 2.54 bits per heavy atom. The molecule has 1 aliphatic rings. The Balaban J connectivity index is 1.85. The summed E-state index contributed by atoms with van der Waals surface area (Å²) in [4.78, 5) is 45.8. The Hall–Kier alpha value is -3.11. The van der Waals surface area contributed by atoms with Crippen LogP contribution in [0.3, 0.4) is 0 Å². The Kier molecular flexibility index (Phi) is 5.80. The Morgan fingerprint density at radius 2 is 1.92 bits per heavy atom. The lowest BCUT2D eigenvalue weighted by atomic mass is 10.1. The number of halogens is 3. The van der Waals surface area contributed by atoms with E-state index in [1.807, 2.05) is 10.6 Å². The van der Waals surface area contributed by atoms with Gasteiger partial charge in [0.15, 0.2) is 23.6 Å². The van der Waals surface area contributed by atoms with Crippen molar-refractivity contribution in [3.05, 3.63) is 29.6 Å². The molecule has 1 saturated heterocycles. The molecule has 0 aromatic heterocycles. The number of carbonyl (C=O) groups excluding carboxylic acids is 4. The van der Waals surface area contributed by atoms with Gasteiger partial charge in [-0.05, 0) is 25.5 Å². The maximum absolute atomic E-state index is 13.5. The van der Waals surface area contributed by atoms with Gasteiger partial charge in [-0.3, -0.25) is 19.7 Å². The van der Waals surface area contributed by atoms with Crippen molar-refractivity contribution in [1.82, 2.24) is 10.6 Å². The highest BCUT2D eigenvalue weighted by Crippen LogP contribution is 2.20. The van der Waals surface area contributed by atoms with Crippen molar-refractivity contribution in [3.8, 4) is 0 Å². The molecule has 0 aliphatic carbocycles. The van der Waals surface area contributed by atoms with Gasteiger partial charge >= 0.3 is 12.0 Å². The van der Waals surface area contributed by atoms with E-state index in [4.69, 9.17) is 4.74 Å². The molecule has 0 saturated carbocycles. The van der Waals surface area contributed by atoms with E-state index in [1.165, 1.54) is 6.92 Å². The normalized spacial score (nSPS) is 17.3.